The number of aromatic nitrogens is 2. The van der Waals surface area contributed by atoms with Gasteiger partial charge in [0.2, 0.25) is 23.6 Å². The summed E-state index contributed by atoms with van der Waals surface area (Å²) in [6, 6.07) is 22.8. The highest BCUT2D eigenvalue weighted by Gasteiger charge is 2.68. The molecule has 10 rings (SSSR count). The maximum atomic E-state index is 15.2. The van der Waals surface area contributed by atoms with Gasteiger partial charge in [-0.15, -0.1) is 11.3 Å². The van der Waals surface area contributed by atoms with Crippen molar-refractivity contribution in [2.75, 3.05) is 18.0 Å². The third-order valence-corrected chi connectivity index (χ3v) is 16.0. The molecule has 0 bridgehead atoms. The van der Waals surface area contributed by atoms with Gasteiger partial charge >= 0.3 is 0 Å². The highest BCUT2D eigenvalue weighted by atomic mass is 79.9. The summed E-state index contributed by atoms with van der Waals surface area (Å²) in [5.41, 5.74) is 2.92. The zero-order valence-electron chi connectivity index (χ0n) is 32.9. The lowest BCUT2D eigenvalue weighted by Crippen LogP contribution is -2.49. The summed E-state index contributed by atoms with van der Waals surface area (Å²) in [6.07, 6.45) is 4.03. The maximum Gasteiger partial charge on any atom is 0.242 e. The molecule has 3 saturated heterocycles. The third kappa shape index (κ3) is 5.91. The number of likely N-dealkylation sites (tertiary alicyclic amines) is 2. The molecule has 2 aromatic heterocycles. The van der Waals surface area contributed by atoms with Crippen LogP contribution >= 0.6 is 38.9 Å². The zero-order valence-corrected chi connectivity index (χ0v) is 36.1. The van der Waals surface area contributed by atoms with Gasteiger partial charge in [0.05, 0.1) is 28.0 Å². The van der Waals surface area contributed by atoms with E-state index in [4.69, 9.17) is 16.7 Å². The summed E-state index contributed by atoms with van der Waals surface area (Å²) < 4.78 is 3.35. The van der Waals surface area contributed by atoms with Gasteiger partial charge in [-0.25, -0.2) is 4.90 Å². The smallest absolute Gasteiger partial charge is 0.242 e. The number of carbonyl (C=O) groups excluding carboxylic acids is 4. The number of phenolic OH excluding ortho intramolecular Hbond substituents is 1. The Labute approximate surface area is 359 Å². The van der Waals surface area contributed by atoms with Crippen LogP contribution in [0, 0.1) is 36.0 Å². The van der Waals surface area contributed by atoms with Crippen molar-refractivity contribution in [3.05, 3.63) is 111 Å². The predicted molar refractivity (Wildman–Crippen MR) is 231 cm³/mol. The lowest BCUT2D eigenvalue weighted by molar-refractivity contribution is -0.144. The van der Waals surface area contributed by atoms with E-state index in [1.54, 1.807) is 46.2 Å². The molecule has 302 valence electrons. The van der Waals surface area contributed by atoms with E-state index in [1.807, 2.05) is 62.4 Å². The molecular weight excluding hydrogens is 850 g/mol. The third-order valence-electron chi connectivity index (χ3n) is 14.0. The minimum Gasteiger partial charge on any atom is -0.508 e. The number of fused-ring (bicyclic) bond motifs is 5. The van der Waals surface area contributed by atoms with Crippen LogP contribution in [0.4, 0.5) is 5.82 Å². The number of piperidine rings is 1. The van der Waals surface area contributed by atoms with E-state index < -0.39 is 35.0 Å². The fourth-order valence-corrected chi connectivity index (χ4v) is 12.8. The molecule has 1 N–H and O–H groups in total. The second kappa shape index (κ2) is 14.2. The Morgan fingerprint density at radius 3 is 2.47 bits per heavy atom. The highest BCUT2D eigenvalue weighted by molar-refractivity contribution is 9.10. The van der Waals surface area contributed by atoms with E-state index in [1.165, 1.54) is 10.5 Å². The topological polar surface area (TPSA) is 116 Å². The molecule has 0 spiro atoms. The molecular formula is C46H43BrClN5O5S. The standard InChI is InChI=1S/C46H43BrClN5O5S/c1-24-31-20-27(48)10-14-37(31)59-41(24)35-22-38(50(3)49-35)53-43(56)34-21-32-29(40(46(34,2)45(53)58)33-19-26(47)9-13-36(33)54)11-12-30-39(32)44(57)52(42(30)55)28-15-17-51(18-16-28)23-25-7-5-4-6-8-25/h4-11,13-14,19-20,22,28,30,32,34,39-40,54H,12,15-18,21,23H2,1-3H3. The SMILES string of the molecule is Cc1c(-c2cc(N3C(=O)C4CC5C(=CCC6C(=O)N(C7CCN(Cc8ccccc8)CC7)C(=O)C65)C(c5cc(Br)ccc5O)C4(C)C3=O)n(C)n2)sc2ccc(Cl)cc12. The van der Waals surface area contributed by atoms with Gasteiger partial charge < -0.3 is 5.11 Å². The second-order valence-electron chi connectivity index (χ2n) is 17.1. The Morgan fingerprint density at radius 2 is 1.71 bits per heavy atom. The van der Waals surface area contributed by atoms with E-state index >= 15 is 9.59 Å². The number of anilines is 1. The molecule has 6 atom stereocenters. The Kier molecular flexibility index (Phi) is 9.32. The van der Waals surface area contributed by atoms with E-state index in [-0.39, 0.29) is 41.8 Å². The van der Waals surface area contributed by atoms with Crippen LogP contribution < -0.4 is 4.90 Å². The van der Waals surface area contributed by atoms with Crippen LogP contribution in [-0.4, -0.2) is 67.4 Å². The van der Waals surface area contributed by atoms with Gasteiger partial charge in [0.15, 0.2) is 0 Å². The quantitative estimate of drug-likeness (QED) is 0.134. The molecule has 3 aliphatic heterocycles. The first-order chi connectivity index (χ1) is 28.3. The van der Waals surface area contributed by atoms with Crippen molar-refractivity contribution in [1.29, 1.82) is 0 Å². The number of aryl methyl sites for hydroxylation is 2. The van der Waals surface area contributed by atoms with Crippen LogP contribution in [-0.2, 0) is 32.8 Å². The summed E-state index contributed by atoms with van der Waals surface area (Å²) in [5.74, 6) is -3.94. The number of carbonyl (C=O) groups is 4. The van der Waals surface area contributed by atoms with E-state index in [2.05, 4.69) is 33.0 Å². The van der Waals surface area contributed by atoms with Gasteiger partial charge in [0.25, 0.3) is 0 Å². The molecule has 0 radical (unpaired) electrons. The molecule has 4 fully saturated rings. The van der Waals surface area contributed by atoms with Gasteiger partial charge in [0, 0.05) is 64.5 Å². The minimum atomic E-state index is -1.31. The maximum absolute atomic E-state index is 15.2. The highest BCUT2D eigenvalue weighted by Crippen LogP contribution is 2.64. The minimum absolute atomic E-state index is 0.00132. The number of amides is 4. The molecule has 3 aromatic carbocycles. The van der Waals surface area contributed by atoms with Gasteiger partial charge in [-0.1, -0.05) is 69.5 Å². The zero-order chi connectivity index (χ0) is 41.1. The first-order valence-electron chi connectivity index (χ1n) is 20.3. The molecule has 59 heavy (non-hydrogen) atoms. The van der Waals surface area contributed by atoms with E-state index in [0.717, 1.165) is 45.7 Å². The Morgan fingerprint density at radius 1 is 0.949 bits per heavy atom. The van der Waals surface area contributed by atoms with Crippen LogP contribution in [0.25, 0.3) is 20.7 Å². The van der Waals surface area contributed by atoms with E-state index in [0.29, 0.717) is 45.8 Å². The summed E-state index contributed by atoms with van der Waals surface area (Å²) in [7, 11) is 1.73. The van der Waals surface area contributed by atoms with Crippen molar-refractivity contribution in [3.8, 4) is 16.3 Å². The number of nitrogens with zero attached hydrogens (tertiary/aromatic N) is 5. The number of rotatable bonds is 6. The normalized spacial score (nSPS) is 27.4. The van der Waals surface area contributed by atoms with Gasteiger partial charge in [-0.3, -0.25) is 33.7 Å². The number of hydrogen-bond acceptors (Lipinski definition) is 8. The van der Waals surface area contributed by atoms with Crippen molar-refractivity contribution >= 4 is 78.4 Å². The Hall–Kier alpha value is -4.62. The van der Waals surface area contributed by atoms with Crippen molar-refractivity contribution < 1.29 is 24.3 Å². The van der Waals surface area contributed by atoms with Crippen molar-refractivity contribution in [1.82, 2.24) is 19.6 Å². The first-order valence-corrected chi connectivity index (χ1v) is 22.3. The summed E-state index contributed by atoms with van der Waals surface area (Å²) in [4.78, 5) is 65.4. The summed E-state index contributed by atoms with van der Waals surface area (Å²) >= 11 is 11.5. The fraction of sp³-hybridized carbons (Fsp3) is 0.370. The molecule has 13 heteroatoms. The Bertz CT molecular complexity index is 2630. The summed E-state index contributed by atoms with van der Waals surface area (Å²) in [5, 5.41) is 18.0. The number of phenols is 1. The number of hydrogen-bond donors (Lipinski definition) is 1. The molecule has 4 amide bonds. The number of benzene rings is 3. The van der Waals surface area contributed by atoms with Crippen LogP contribution in [0.1, 0.15) is 55.2 Å². The van der Waals surface area contributed by atoms with Crippen molar-refractivity contribution in [2.24, 2.45) is 36.1 Å². The van der Waals surface area contributed by atoms with Gasteiger partial charge in [-0.2, -0.15) is 5.10 Å². The molecule has 5 aromatic rings. The molecule has 5 aliphatic rings. The molecule has 6 unspecified atom stereocenters. The molecule has 2 aliphatic carbocycles. The first kappa shape index (κ1) is 38.6. The van der Waals surface area contributed by atoms with Gasteiger partial charge in [-0.05, 0) is 98.4 Å². The average molecular weight is 893 g/mol. The molecule has 10 nitrogen and oxygen atoms in total. The van der Waals surface area contributed by atoms with Crippen LogP contribution in [0.2, 0.25) is 5.02 Å². The number of imide groups is 2. The largest absolute Gasteiger partial charge is 0.508 e. The number of allylic oxidation sites excluding steroid dienone is 2. The Balaban J connectivity index is 0.997. The van der Waals surface area contributed by atoms with Crippen molar-refractivity contribution in [3.63, 3.8) is 0 Å². The van der Waals surface area contributed by atoms with Crippen LogP contribution in [0.3, 0.4) is 0 Å². The number of aromatic hydroxyl groups is 1. The summed E-state index contributed by atoms with van der Waals surface area (Å²) in [6.45, 7) is 6.24. The predicted octanol–water partition coefficient (Wildman–Crippen LogP) is 8.63. The average Bonchev–Trinajstić information content (AvgIpc) is 3.89. The second-order valence-corrected chi connectivity index (χ2v) is 19.5. The van der Waals surface area contributed by atoms with E-state index in [9.17, 15) is 14.7 Å². The van der Waals surface area contributed by atoms with Crippen molar-refractivity contribution in [2.45, 2.75) is 58.0 Å². The van der Waals surface area contributed by atoms with Crippen LogP contribution in [0.5, 0.6) is 5.75 Å². The number of thiophene rings is 1. The lowest BCUT2D eigenvalue weighted by atomic mass is 9.51. The lowest BCUT2D eigenvalue weighted by Gasteiger charge is -2.49. The van der Waals surface area contributed by atoms with Gasteiger partial charge in [0.1, 0.15) is 17.3 Å². The number of halogens is 2. The fourth-order valence-electron chi connectivity index (χ4n) is 11.1. The monoisotopic (exact) mass is 891 g/mol. The van der Waals surface area contributed by atoms with Crippen LogP contribution in [0.15, 0.2) is 88.9 Å². The molecule has 5 heterocycles. The molecule has 1 saturated carbocycles.